The molecular formula is C16H24N6O2. The summed E-state index contributed by atoms with van der Waals surface area (Å²) in [5.41, 5.74) is 6.39. The van der Waals surface area contributed by atoms with Gasteiger partial charge in [0, 0.05) is 52.4 Å². The third-order valence-corrected chi connectivity index (χ3v) is 4.67. The minimum absolute atomic E-state index is 0.114. The number of primary amides is 1. The fourth-order valence-electron chi connectivity index (χ4n) is 3.37. The quantitative estimate of drug-likeness (QED) is 0.806. The predicted octanol–water partition coefficient (Wildman–Crippen LogP) is -0.405. The average Bonchev–Trinajstić information content (AvgIpc) is 3.09. The second-order valence-corrected chi connectivity index (χ2v) is 6.41. The van der Waals surface area contributed by atoms with Gasteiger partial charge in [-0.05, 0) is 18.9 Å². The van der Waals surface area contributed by atoms with E-state index in [0.717, 1.165) is 24.7 Å². The highest BCUT2D eigenvalue weighted by Crippen LogP contribution is 2.17. The topological polar surface area (TPSA) is 95.7 Å². The van der Waals surface area contributed by atoms with Gasteiger partial charge in [0.05, 0.1) is 5.69 Å². The lowest BCUT2D eigenvalue weighted by molar-refractivity contribution is -0.141. The first kappa shape index (κ1) is 16.6. The largest absolute Gasteiger partial charge is 0.368 e. The van der Waals surface area contributed by atoms with Gasteiger partial charge < -0.3 is 15.5 Å². The summed E-state index contributed by atoms with van der Waals surface area (Å²) in [7, 11) is 0. The van der Waals surface area contributed by atoms with E-state index in [2.05, 4.69) is 19.8 Å². The van der Waals surface area contributed by atoms with Gasteiger partial charge in [0.2, 0.25) is 17.8 Å². The van der Waals surface area contributed by atoms with Gasteiger partial charge in [0.25, 0.3) is 0 Å². The first-order valence-electron chi connectivity index (χ1n) is 8.40. The number of rotatable bonds is 4. The fraction of sp³-hybridized carbons (Fsp3) is 0.625. The van der Waals surface area contributed by atoms with Gasteiger partial charge in [-0.3, -0.25) is 14.5 Å². The SMILES string of the molecule is CC(=O)N1CCN(Cc2ccnc(N3CCCC3)n2)C[C@@H]1C(N)=O. The molecule has 8 nitrogen and oxygen atoms in total. The molecule has 8 heteroatoms. The van der Waals surface area contributed by atoms with E-state index < -0.39 is 11.9 Å². The Balaban J connectivity index is 1.67. The molecule has 0 spiro atoms. The molecule has 3 rings (SSSR count). The van der Waals surface area contributed by atoms with E-state index in [1.807, 2.05) is 6.07 Å². The molecule has 3 heterocycles. The van der Waals surface area contributed by atoms with Crippen LogP contribution < -0.4 is 10.6 Å². The van der Waals surface area contributed by atoms with Crippen molar-refractivity contribution >= 4 is 17.8 Å². The molecule has 24 heavy (non-hydrogen) atoms. The number of nitrogens with zero attached hydrogens (tertiary/aromatic N) is 5. The minimum Gasteiger partial charge on any atom is -0.368 e. The van der Waals surface area contributed by atoms with E-state index in [9.17, 15) is 9.59 Å². The zero-order chi connectivity index (χ0) is 17.1. The van der Waals surface area contributed by atoms with E-state index in [1.54, 1.807) is 11.1 Å². The second kappa shape index (κ2) is 7.12. The second-order valence-electron chi connectivity index (χ2n) is 6.41. The Morgan fingerprint density at radius 2 is 2.00 bits per heavy atom. The van der Waals surface area contributed by atoms with Gasteiger partial charge >= 0.3 is 0 Å². The minimum atomic E-state index is -0.573. The van der Waals surface area contributed by atoms with Crippen LogP contribution in [0.25, 0.3) is 0 Å². The lowest BCUT2D eigenvalue weighted by atomic mass is 10.1. The summed E-state index contributed by atoms with van der Waals surface area (Å²) in [6, 6.07) is 1.33. The van der Waals surface area contributed by atoms with Crippen molar-refractivity contribution in [3.8, 4) is 0 Å². The molecule has 0 saturated carbocycles. The van der Waals surface area contributed by atoms with Gasteiger partial charge in [-0.25, -0.2) is 9.97 Å². The Kier molecular flexibility index (Phi) is 4.94. The normalized spacial score (nSPS) is 22.0. The van der Waals surface area contributed by atoms with Crippen molar-refractivity contribution < 1.29 is 9.59 Å². The van der Waals surface area contributed by atoms with E-state index in [1.165, 1.54) is 19.8 Å². The van der Waals surface area contributed by atoms with Gasteiger partial charge in [0.1, 0.15) is 6.04 Å². The summed E-state index contributed by atoms with van der Waals surface area (Å²) in [5.74, 6) is 0.200. The van der Waals surface area contributed by atoms with Crippen molar-refractivity contribution in [2.24, 2.45) is 5.73 Å². The summed E-state index contributed by atoms with van der Waals surface area (Å²) < 4.78 is 0. The highest BCUT2D eigenvalue weighted by molar-refractivity contribution is 5.86. The van der Waals surface area contributed by atoms with E-state index in [-0.39, 0.29) is 5.91 Å². The number of aromatic nitrogens is 2. The van der Waals surface area contributed by atoms with Crippen molar-refractivity contribution in [1.82, 2.24) is 19.8 Å². The summed E-state index contributed by atoms with van der Waals surface area (Å²) in [6.07, 6.45) is 4.15. The molecule has 2 amide bonds. The van der Waals surface area contributed by atoms with Crippen LogP contribution >= 0.6 is 0 Å². The Labute approximate surface area is 141 Å². The molecule has 2 saturated heterocycles. The maximum absolute atomic E-state index is 11.7. The summed E-state index contributed by atoms with van der Waals surface area (Å²) in [4.78, 5) is 38.2. The van der Waals surface area contributed by atoms with E-state index in [4.69, 9.17) is 5.73 Å². The molecule has 1 aromatic heterocycles. The molecule has 0 aromatic carbocycles. The van der Waals surface area contributed by atoms with Crippen molar-refractivity contribution in [1.29, 1.82) is 0 Å². The van der Waals surface area contributed by atoms with E-state index >= 15 is 0 Å². The number of hydrogen-bond donors (Lipinski definition) is 1. The first-order valence-corrected chi connectivity index (χ1v) is 8.40. The monoisotopic (exact) mass is 332 g/mol. The third kappa shape index (κ3) is 3.64. The zero-order valence-electron chi connectivity index (χ0n) is 14.0. The number of carbonyl (C=O) groups excluding carboxylic acids is 2. The highest BCUT2D eigenvalue weighted by atomic mass is 16.2. The van der Waals surface area contributed by atoms with Crippen LogP contribution in [0.4, 0.5) is 5.95 Å². The standard InChI is InChI=1S/C16H24N6O2/c1-12(23)22-9-8-20(11-14(22)15(17)24)10-13-4-5-18-16(19-13)21-6-2-3-7-21/h4-5,14H,2-3,6-11H2,1H3,(H2,17,24)/t14-/m1/s1. The summed E-state index contributed by atoms with van der Waals surface area (Å²) in [6.45, 7) is 5.75. The zero-order valence-corrected chi connectivity index (χ0v) is 14.0. The third-order valence-electron chi connectivity index (χ3n) is 4.67. The van der Waals surface area contributed by atoms with Gasteiger partial charge in [0.15, 0.2) is 0 Å². The van der Waals surface area contributed by atoms with Crippen LogP contribution in [0.3, 0.4) is 0 Å². The number of hydrogen-bond acceptors (Lipinski definition) is 6. The Morgan fingerprint density at radius 1 is 1.25 bits per heavy atom. The van der Waals surface area contributed by atoms with Crippen molar-refractivity contribution in [3.05, 3.63) is 18.0 Å². The van der Waals surface area contributed by atoms with Gasteiger partial charge in [-0.15, -0.1) is 0 Å². The predicted molar refractivity (Wildman–Crippen MR) is 89.1 cm³/mol. The average molecular weight is 332 g/mol. The maximum atomic E-state index is 11.7. The van der Waals surface area contributed by atoms with Crippen LogP contribution in [-0.4, -0.2) is 70.3 Å². The summed E-state index contributed by atoms with van der Waals surface area (Å²) >= 11 is 0. The molecule has 0 unspecified atom stereocenters. The number of nitrogens with two attached hydrogens (primary N) is 1. The Hall–Kier alpha value is -2.22. The van der Waals surface area contributed by atoms with Gasteiger partial charge in [-0.1, -0.05) is 0 Å². The summed E-state index contributed by atoms with van der Waals surface area (Å²) in [5, 5.41) is 0. The number of carbonyl (C=O) groups is 2. The molecular weight excluding hydrogens is 308 g/mol. The molecule has 2 aliphatic heterocycles. The molecule has 2 N–H and O–H groups in total. The molecule has 1 atom stereocenters. The molecule has 130 valence electrons. The van der Waals surface area contributed by atoms with Crippen LogP contribution in [0.2, 0.25) is 0 Å². The highest BCUT2D eigenvalue weighted by Gasteiger charge is 2.32. The lowest BCUT2D eigenvalue weighted by Crippen LogP contribution is -2.59. The van der Waals surface area contributed by atoms with Crippen LogP contribution in [0, 0.1) is 0 Å². The molecule has 0 bridgehead atoms. The molecule has 0 radical (unpaired) electrons. The van der Waals surface area contributed by atoms with Crippen LogP contribution in [0.15, 0.2) is 12.3 Å². The van der Waals surface area contributed by atoms with Crippen LogP contribution in [0.5, 0.6) is 0 Å². The Morgan fingerprint density at radius 3 is 2.67 bits per heavy atom. The first-order chi connectivity index (χ1) is 11.5. The fourth-order valence-corrected chi connectivity index (χ4v) is 3.37. The number of amides is 2. The Bertz CT molecular complexity index is 616. The lowest BCUT2D eigenvalue weighted by Gasteiger charge is -2.39. The van der Waals surface area contributed by atoms with Gasteiger partial charge in [-0.2, -0.15) is 0 Å². The molecule has 1 aromatic rings. The smallest absolute Gasteiger partial charge is 0.241 e. The van der Waals surface area contributed by atoms with Crippen LogP contribution in [0.1, 0.15) is 25.5 Å². The number of piperazine rings is 1. The maximum Gasteiger partial charge on any atom is 0.241 e. The van der Waals surface area contributed by atoms with Crippen molar-refractivity contribution in [2.75, 3.05) is 37.6 Å². The van der Waals surface area contributed by atoms with Crippen molar-refractivity contribution in [3.63, 3.8) is 0 Å². The van der Waals surface area contributed by atoms with Crippen LogP contribution in [-0.2, 0) is 16.1 Å². The molecule has 0 aliphatic carbocycles. The molecule has 2 aliphatic rings. The number of anilines is 1. The van der Waals surface area contributed by atoms with Crippen molar-refractivity contribution in [2.45, 2.75) is 32.4 Å². The molecule has 2 fully saturated rings. The van der Waals surface area contributed by atoms with E-state index in [0.29, 0.717) is 26.2 Å².